The Morgan fingerprint density at radius 1 is 0.688 bits per heavy atom. The number of benzene rings is 3. The highest BCUT2D eigenvalue weighted by molar-refractivity contribution is 5.79. The summed E-state index contributed by atoms with van der Waals surface area (Å²) in [6, 6.07) is 35.6. The molecule has 3 aliphatic heterocycles. The molecule has 0 bridgehead atoms. The van der Waals surface area contributed by atoms with Gasteiger partial charge in [0, 0.05) is 42.2 Å². The van der Waals surface area contributed by atoms with Gasteiger partial charge in [-0.3, -0.25) is 0 Å². The molecule has 3 unspecified atom stereocenters. The van der Waals surface area contributed by atoms with Gasteiger partial charge in [0.2, 0.25) is 11.2 Å². The summed E-state index contributed by atoms with van der Waals surface area (Å²) in [4.78, 5) is 5.00. The quantitative estimate of drug-likeness (QED) is 0.399. The van der Waals surface area contributed by atoms with Crippen molar-refractivity contribution in [1.29, 1.82) is 0 Å². The lowest BCUT2D eigenvalue weighted by Crippen LogP contribution is -2.64. The monoisotopic (exact) mass is 412 g/mol. The predicted molar refractivity (Wildman–Crippen MR) is 126 cm³/mol. The molecular weight excluding hydrogens is 390 g/mol. The third-order valence-electron chi connectivity index (χ3n) is 8.14. The molecule has 0 radical (unpaired) electrons. The first-order valence-corrected chi connectivity index (χ1v) is 11.4. The van der Waals surface area contributed by atoms with E-state index in [0.29, 0.717) is 0 Å². The Bertz CT molecular complexity index is 1440. The molecule has 152 valence electrons. The van der Waals surface area contributed by atoms with Crippen LogP contribution in [0.2, 0.25) is 0 Å². The largest absolute Gasteiger partial charge is 0.324 e. The van der Waals surface area contributed by atoms with Crippen LogP contribution in [-0.2, 0) is 11.0 Å². The summed E-state index contributed by atoms with van der Waals surface area (Å²) in [5.74, 6) is 0. The van der Waals surface area contributed by atoms with E-state index in [1.165, 1.54) is 33.8 Å². The molecule has 8 rings (SSSR count). The van der Waals surface area contributed by atoms with Gasteiger partial charge in [0.1, 0.15) is 11.6 Å². The number of para-hydroxylation sites is 2. The first-order chi connectivity index (χ1) is 15.9. The SMILES string of the molecule is C1=CN2c3ccccc3C34CC3(c3ccccc3-c3cccc[n+]34)C2N1c1ccccc1. The standard InChI is InChI=1S/C29H22N3/c1-2-10-21(11-3-1)30-18-19-31-26-16-7-6-14-24(26)29-20-28(29,27(30)31)23-13-5-4-12-22(23)25-15-8-9-17-32(25)29/h1-19,27H,20H2/q+1. The van der Waals surface area contributed by atoms with Gasteiger partial charge >= 0.3 is 0 Å². The highest BCUT2D eigenvalue weighted by Gasteiger charge is 2.86. The Labute approximate surface area is 187 Å². The van der Waals surface area contributed by atoms with Crippen LogP contribution >= 0.6 is 0 Å². The molecule has 4 heterocycles. The van der Waals surface area contributed by atoms with Gasteiger partial charge in [-0.05, 0) is 42.0 Å². The van der Waals surface area contributed by atoms with Gasteiger partial charge in [-0.2, -0.15) is 4.57 Å². The number of hydrogen-bond acceptors (Lipinski definition) is 2. The van der Waals surface area contributed by atoms with Crippen molar-refractivity contribution in [3.8, 4) is 11.3 Å². The van der Waals surface area contributed by atoms with Crippen LogP contribution in [0.25, 0.3) is 11.3 Å². The summed E-state index contributed by atoms with van der Waals surface area (Å²) in [5.41, 5.74) is 8.04. The number of aromatic nitrogens is 1. The summed E-state index contributed by atoms with van der Waals surface area (Å²) in [6.07, 6.45) is 8.15. The molecule has 0 saturated heterocycles. The molecule has 4 aliphatic rings. The zero-order valence-electron chi connectivity index (χ0n) is 17.6. The second-order valence-corrected chi connectivity index (χ2v) is 9.35. The second kappa shape index (κ2) is 5.49. The van der Waals surface area contributed by atoms with Gasteiger partial charge in [-0.1, -0.05) is 48.5 Å². The van der Waals surface area contributed by atoms with E-state index in [1.807, 2.05) is 0 Å². The first-order valence-electron chi connectivity index (χ1n) is 11.4. The number of fused-ring (bicyclic) bond motifs is 6. The van der Waals surface area contributed by atoms with Gasteiger partial charge < -0.3 is 9.80 Å². The lowest BCUT2D eigenvalue weighted by Gasteiger charge is -2.46. The number of nitrogens with zero attached hydrogens (tertiary/aromatic N) is 3. The molecule has 1 fully saturated rings. The number of anilines is 2. The van der Waals surface area contributed by atoms with Crippen LogP contribution < -0.4 is 14.4 Å². The Hall–Kier alpha value is -3.85. The Morgan fingerprint density at radius 3 is 2.31 bits per heavy atom. The van der Waals surface area contributed by atoms with Crippen molar-refractivity contribution >= 4 is 11.4 Å². The van der Waals surface area contributed by atoms with Crippen LogP contribution in [0.5, 0.6) is 0 Å². The van der Waals surface area contributed by atoms with Crippen molar-refractivity contribution in [2.24, 2.45) is 0 Å². The molecule has 0 spiro atoms. The van der Waals surface area contributed by atoms with Gasteiger partial charge in [-0.15, -0.1) is 0 Å². The molecule has 4 aromatic rings. The fourth-order valence-electron chi connectivity index (χ4n) is 6.98. The van der Waals surface area contributed by atoms with Crippen molar-refractivity contribution in [3.63, 3.8) is 0 Å². The number of hydrogen-bond donors (Lipinski definition) is 0. The summed E-state index contributed by atoms with van der Waals surface area (Å²) < 4.78 is 2.58. The fourth-order valence-corrected chi connectivity index (χ4v) is 6.98. The predicted octanol–water partition coefficient (Wildman–Crippen LogP) is 5.18. The topological polar surface area (TPSA) is 10.4 Å². The molecule has 0 N–H and O–H groups in total. The van der Waals surface area contributed by atoms with Crippen molar-refractivity contribution in [3.05, 3.63) is 127 Å². The normalized spacial score (nSPS) is 27.6. The van der Waals surface area contributed by atoms with Crippen LogP contribution in [0.3, 0.4) is 0 Å². The van der Waals surface area contributed by atoms with Gasteiger partial charge in [-0.25, -0.2) is 0 Å². The van der Waals surface area contributed by atoms with Gasteiger partial charge in [0.25, 0.3) is 0 Å². The molecule has 1 aromatic heterocycles. The lowest BCUT2D eigenvalue weighted by atomic mass is 9.74. The minimum absolute atomic E-state index is 0.0314. The van der Waals surface area contributed by atoms with Crippen LogP contribution in [0, 0.1) is 0 Å². The zero-order valence-corrected chi connectivity index (χ0v) is 17.6. The Kier molecular flexibility index (Phi) is 2.88. The van der Waals surface area contributed by atoms with Crippen LogP contribution in [0.1, 0.15) is 17.5 Å². The van der Waals surface area contributed by atoms with Gasteiger partial charge in [0.15, 0.2) is 6.20 Å². The minimum Gasteiger partial charge on any atom is -0.324 e. The smallest absolute Gasteiger partial charge is 0.213 e. The lowest BCUT2D eigenvalue weighted by molar-refractivity contribution is -0.725. The molecule has 1 saturated carbocycles. The molecular formula is C29H22N3+. The molecule has 3 aromatic carbocycles. The Morgan fingerprint density at radius 2 is 1.41 bits per heavy atom. The van der Waals surface area contributed by atoms with Gasteiger partial charge in [0.05, 0.1) is 11.3 Å². The Balaban J connectivity index is 1.49. The molecule has 3 nitrogen and oxygen atoms in total. The number of pyridine rings is 1. The molecule has 32 heavy (non-hydrogen) atoms. The molecule has 3 heteroatoms. The number of rotatable bonds is 1. The highest BCUT2D eigenvalue weighted by atomic mass is 15.4. The average Bonchev–Trinajstić information content (AvgIpc) is 3.42. The maximum absolute atomic E-state index is 2.58. The van der Waals surface area contributed by atoms with E-state index < -0.39 is 0 Å². The summed E-state index contributed by atoms with van der Waals surface area (Å²) in [5, 5.41) is 0. The van der Waals surface area contributed by atoms with Crippen LogP contribution in [-0.4, -0.2) is 6.17 Å². The van der Waals surface area contributed by atoms with Crippen molar-refractivity contribution in [2.75, 3.05) is 9.80 Å². The average molecular weight is 413 g/mol. The van der Waals surface area contributed by atoms with Crippen LogP contribution in [0.15, 0.2) is 116 Å². The summed E-state index contributed by atoms with van der Waals surface area (Å²) in [7, 11) is 0. The minimum atomic E-state index is -0.0746. The third-order valence-corrected chi connectivity index (χ3v) is 8.14. The molecule has 3 atom stereocenters. The van der Waals surface area contributed by atoms with E-state index in [2.05, 4.69) is 130 Å². The van der Waals surface area contributed by atoms with E-state index in [1.54, 1.807) is 0 Å². The maximum atomic E-state index is 2.58. The summed E-state index contributed by atoms with van der Waals surface area (Å²) in [6.45, 7) is 0. The molecule has 1 aliphatic carbocycles. The molecule has 0 amide bonds. The second-order valence-electron chi connectivity index (χ2n) is 9.35. The highest BCUT2D eigenvalue weighted by Crippen LogP contribution is 2.74. The zero-order chi connectivity index (χ0) is 20.9. The third kappa shape index (κ3) is 1.68. The van der Waals surface area contributed by atoms with E-state index in [9.17, 15) is 0 Å². The van der Waals surface area contributed by atoms with Crippen molar-refractivity contribution in [2.45, 2.75) is 23.5 Å². The van der Waals surface area contributed by atoms with E-state index in [4.69, 9.17) is 0 Å². The first kappa shape index (κ1) is 16.8. The van der Waals surface area contributed by atoms with Crippen molar-refractivity contribution < 1.29 is 4.57 Å². The fraction of sp³-hybridized carbons (Fsp3) is 0.138. The van der Waals surface area contributed by atoms with E-state index in [-0.39, 0.29) is 17.1 Å². The van der Waals surface area contributed by atoms with Crippen molar-refractivity contribution in [1.82, 2.24) is 0 Å². The van der Waals surface area contributed by atoms with Crippen LogP contribution in [0.4, 0.5) is 11.4 Å². The maximum Gasteiger partial charge on any atom is 0.213 e. The van der Waals surface area contributed by atoms with E-state index >= 15 is 0 Å². The summed E-state index contributed by atoms with van der Waals surface area (Å²) >= 11 is 0. The van der Waals surface area contributed by atoms with E-state index in [0.717, 1.165) is 6.42 Å².